The van der Waals surface area contributed by atoms with Crippen molar-refractivity contribution in [3.63, 3.8) is 0 Å². The number of benzene rings is 1. The van der Waals surface area contributed by atoms with Gasteiger partial charge >= 0.3 is 5.97 Å². The van der Waals surface area contributed by atoms with Crippen molar-refractivity contribution >= 4 is 17.6 Å². The molecule has 82 valence electrons. The molecule has 0 aliphatic rings. The Hall–Kier alpha value is -1.02. The van der Waals surface area contributed by atoms with Crippen LogP contribution < -0.4 is 0 Å². The first-order valence-electron chi connectivity index (χ1n) is 4.95. The first kappa shape index (κ1) is 12.1. The van der Waals surface area contributed by atoms with Crippen LogP contribution in [-0.2, 0) is 16.0 Å². The van der Waals surface area contributed by atoms with E-state index in [4.69, 9.17) is 11.6 Å². The van der Waals surface area contributed by atoms with Crippen LogP contribution in [0.4, 0.5) is 0 Å². The standard InChI is InChI=1S/C12H15ClO2/c1-9-6-7-10(11(13)8-9)4-3-5-12(14)15-2/h6-8H,3-5H2,1-2H3. The van der Waals surface area contributed by atoms with E-state index < -0.39 is 0 Å². The lowest BCUT2D eigenvalue weighted by Gasteiger charge is -2.04. The molecule has 1 aromatic rings. The minimum absolute atomic E-state index is 0.168. The molecule has 0 amide bonds. The van der Waals surface area contributed by atoms with E-state index in [-0.39, 0.29) is 5.97 Å². The highest BCUT2D eigenvalue weighted by atomic mass is 35.5. The van der Waals surface area contributed by atoms with Gasteiger partial charge in [-0.1, -0.05) is 23.7 Å². The largest absolute Gasteiger partial charge is 0.469 e. The Balaban J connectivity index is 2.47. The highest BCUT2D eigenvalue weighted by Crippen LogP contribution is 2.19. The van der Waals surface area contributed by atoms with Crippen LogP contribution in [0, 0.1) is 6.92 Å². The molecule has 0 aliphatic heterocycles. The van der Waals surface area contributed by atoms with E-state index in [0.717, 1.165) is 29.0 Å². The van der Waals surface area contributed by atoms with Crippen LogP contribution in [0.2, 0.25) is 5.02 Å². The van der Waals surface area contributed by atoms with Gasteiger partial charge in [-0.3, -0.25) is 4.79 Å². The average molecular weight is 227 g/mol. The molecule has 0 aromatic heterocycles. The lowest BCUT2D eigenvalue weighted by molar-refractivity contribution is -0.140. The number of aryl methyl sites for hydroxylation is 2. The molecule has 15 heavy (non-hydrogen) atoms. The Labute approximate surface area is 95.2 Å². The zero-order chi connectivity index (χ0) is 11.3. The van der Waals surface area contributed by atoms with Crippen molar-refractivity contribution in [1.82, 2.24) is 0 Å². The molecule has 0 saturated heterocycles. The first-order valence-corrected chi connectivity index (χ1v) is 5.33. The summed E-state index contributed by atoms with van der Waals surface area (Å²) in [7, 11) is 1.40. The normalized spacial score (nSPS) is 10.1. The monoisotopic (exact) mass is 226 g/mol. The molecule has 3 heteroatoms. The molecule has 2 nitrogen and oxygen atoms in total. The van der Waals surface area contributed by atoms with Gasteiger partial charge in [0.2, 0.25) is 0 Å². The maximum absolute atomic E-state index is 10.9. The van der Waals surface area contributed by atoms with Gasteiger partial charge in [-0.15, -0.1) is 0 Å². The summed E-state index contributed by atoms with van der Waals surface area (Å²) in [6.07, 6.45) is 2.03. The van der Waals surface area contributed by atoms with Gasteiger partial charge in [0.05, 0.1) is 7.11 Å². The molecule has 0 unspecified atom stereocenters. The Morgan fingerprint density at radius 2 is 2.20 bits per heavy atom. The summed E-state index contributed by atoms with van der Waals surface area (Å²) in [4.78, 5) is 10.9. The predicted octanol–water partition coefficient (Wildman–Crippen LogP) is 3.14. The van der Waals surface area contributed by atoms with Gasteiger partial charge in [0.1, 0.15) is 0 Å². The van der Waals surface area contributed by atoms with E-state index in [1.165, 1.54) is 7.11 Å². The molecule has 1 rings (SSSR count). The molecule has 0 heterocycles. The van der Waals surface area contributed by atoms with Gasteiger partial charge in [-0.2, -0.15) is 0 Å². The van der Waals surface area contributed by atoms with Gasteiger partial charge in [-0.25, -0.2) is 0 Å². The minimum Gasteiger partial charge on any atom is -0.469 e. The molecule has 0 atom stereocenters. The molecule has 0 radical (unpaired) electrons. The van der Waals surface area contributed by atoms with E-state index >= 15 is 0 Å². The number of ether oxygens (including phenoxy) is 1. The number of esters is 1. The molecule has 0 bridgehead atoms. The fourth-order valence-corrected chi connectivity index (χ4v) is 1.71. The van der Waals surface area contributed by atoms with Crippen LogP contribution in [0.25, 0.3) is 0 Å². The van der Waals surface area contributed by atoms with E-state index in [1.54, 1.807) is 0 Å². The molecule has 0 fully saturated rings. The lowest BCUT2D eigenvalue weighted by atomic mass is 10.1. The number of hydrogen-bond donors (Lipinski definition) is 0. The SMILES string of the molecule is COC(=O)CCCc1ccc(C)cc1Cl. The number of rotatable bonds is 4. The fraction of sp³-hybridized carbons (Fsp3) is 0.417. The number of methoxy groups -OCH3 is 1. The van der Waals surface area contributed by atoms with Crippen LogP contribution in [0.15, 0.2) is 18.2 Å². The average Bonchev–Trinajstić information content (AvgIpc) is 2.21. The third-order valence-electron chi connectivity index (χ3n) is 2.26. The van der Waals surface area contributed by atoms with Crippen LogP contribution in [-0.4, -0.2) is 13.1 Å². The summed E-state index contributed by atoms with van der Waals surface area (Å²) in [5.74, 6) is -0.168. The zero-order valence-corrected chi connectivity index (χ0v) is 9.80. The van der Waals surface area contributed by atoms with Crippen molar-refractivity contribution in [1.29, 1.82) is 0 Å². The number of hydrogen-bond acceptors (Lipinski definition) is 2. The quantitative estimate of drug-likeness (QED) is 0.738. The second-order valence-electron chi connectivity index (χ2n) is 3.52. The molecule has 0 N–H and O–H groups in total. The number of halogens is 1. The van der Waals surface area contributed by atoms with E-state index in [0.29, 0.717) is 6.42 Å². The summed E-state index contributed by atoms with van der Waals surface area (Å²) in [6, 6.07) is 5.98. The Morgan fingerprint density at radius 1 is 1.47 bits per heavy atom. The van der Waals surface area contributed by atoms with E-state index in [1.807, 2.05) is 25.1 Å². The summed E-state index contributed by atoms with van der Waals surface area (Å²) in [5, 5.41) is 0.778. The third-order valence-corrected chi connectivity index (χ3v) is 2.62. The molecule has 1 aromatic carbocycles. The van der Waals surface area contributed by atoms with Crippen LogP contribution in [0.5, 0.6) is 0 Å². The summed E-state index contributed by atoms with van der Waals surface area (Å²) in [6.45, 7) is 2.00. The molecular weight excluding hydrogens is 212 g/mol. The lowest BCUT2D eigenvalue weighted by Crippen LogP contribution is -2.00. The van der Waals surface area contributed by atoms with Gasteiger partial charge in [0.25, 0.3) is 0 Å². The highest BCUT2D eigenvalue weighted by Gasteiger charge is 2.03. The van der Waals surface area contributed by atoms with Gasteiger partial charge in [0, 0.05) is 11.4 Å². The van der Waals surface area contributed by atoms with Crippen LogP contribution in [0.3, 0.4) is 0 Å². The van der Waals surface area contributed by atoms with E-state index in [9.17, 15) is 4.79 Å². The molecular formula is C12H15ClO2. The third kappa shape index (κ3) is 3.92. The van der Waals surface area contributed by atoms with Crippen LogP contribution in [0.1, 0.15) is 24.0 Å². The van der Waals surface area contributed by atoms with E-state index in [2.05, 4.69) is 4.74 Å². The maximum atomic E-state index is 10.9. The predicted molar refractivity (Wildman–Crippen MR) is 61.1 cm³/mol. The maximum Gasteiger partial charge on any atom is 0.305 e. The van der Waals surface area contributed by atoms with Crippen molar-refractivity contribution < 1.29 is 9.53 Å². The topological polar surface area (TPSA) is 26.3 Å². The molecule has 0 saturated carbocycles. The fourth-order valence-electron chi connectivity index (χ4n) is 1.38. The van der Waals surface area contributed by atoms with Crippen molar-refractivity contribution in [2.24, 2.45) is 0 Å². The molecule has 0 spiro atoms. The summed E-state index contributed by atoms with van der Waals surface area (Å²) >= 11 is 6.06. The van der Waals surface area contributed by atoms with Crippen LogP contribution >= 0.6 is 11.6 Å². The van der Waals surface area contributed by atoms with Crippen molar-refractivity contribution in [3.8, 4) is 0 Å². The highest BCUT2D eigenvalue weighted by molar-refractivity contribution is 6.31. The summed E-state index contributed by atoms with van der Waals surface area (Å²) in [5.41, 5.74) is 2.24. The Bertz CT molecular complexity index is 347. The van der Waals surface area contributed by atoms with Crippen molar-refractivity contribution in [2.75, 3.05) is 7.11 Å². The number of carbonyl (C=O) groups excluding carboxylic acids is 1. The second kappa shape index (κ2) is 5.76. The smallest absolute Gasteiger partial charge is 0.305 e. The minimum atomic E-state index is -0.168. The Morgan fingerprint density at radius 3 is 2.80 bits per heavy atom. The van der Waals surface area contributed by atoms with Gasteiger partial charge in [-0.05, 0) is 37.0 Å². The number of carbonyl (C=O) groups is 1. The first-order chi connectivity index (χ1) is 7.13. The second-order valence-corrected chi connectivity index (χ2v) is 3.93. The van der Waals surface area contributed by atoms with Gasteiger partial charge < -0.3 is 4.74 Å². The Kier molecular flexibility index (Phi) is 4.63. The summed E-state index contributed by atoms with van der Waals surface area (Å²) < 4.78 is 4.57. The molecule has 0 aliphatic carbocycles. The van der Waals surface area contributed by atoms with Crippen molar-refractivity contribution in [3.05, 3.63) is 34.3 Å². The van der Waals surface area contributed by atoms with Crippen molar-refractivity contribution in [2.45, 2.75) is 26.2 Å². The van der Waals surface area contributed by atoms with Gasteiger partial charge in [0.15, 0.2) is 0 Å². The zero-order valence-electron chi connectivity index (χ0n) is 9.05.